The molecule has 1 amide bonds. The number of halogens is 1. The van der Waals surface area contributed by atoms with Crippen LogP contribution in [0.2, 0.25) is 5.02 Å². The highest BCUT2D eigenvalue weighted by atomic mass is 35.5. The zero-order chi connectivity index (χ0) is 12.7. The van der Waals surface area contributed by atoms with Crippen LogP contribution in [0.15, 0.2) is 17.1 Å². The van der Waals surface area contributed by atoms with Crippen LogP contribution in [0.1, 0.15) is 17.3 Å². The fourth-order valence-corrected chi connectivity index (χ4v) is 0.861. The van der Waals surface area contributed by atoms with Gasteiger partial charge in [0, 0.05) is 13.1 Å². The monoisotopic (exact) mass is 248 g/mol. The third-order valence-electron chi connectivity index (χ3n) is 1.29. The third-order valence-corrected chi connectivity index (χ3v) is 1.67. The van der Waals surface area contributed by atoms with Gasteiger partial charge in [-0.05, 0) is 6.07 Å². The van der Waals surface area contributed by atoms with Crippen molar-refractivity contribution >= 4 is 23.5 Å². The molecule has 16 heavy (non-hydrogen) atoms. The molecule has 0 unspecified atom stereocenters. The summed E-state index contributed by atoms with van der Waals surface area (Å²) in [5.74, 6) is -1.40. The molecule has 0 aliphatic carbocycles. The Kier molecular flexibility index (Phi) is 5.83. The lowest BCUT2D eigenvalue weighted by Gasteiger charge is -1.94. The van der Waals surface area contributed by atoms with Crippen LogP contribution in [0, 0.1) is 0 Å². The molecule has 0 atom stereocenters. The molecule has 1 rings (SSSR count). The number of primary amides is 1. The van der Waals surface area contributed by atoms with Crippen LogP contribution in [0.3, 0.4) is 0 Å². The Bertz CT molecular complexity index is 442. The van der Waals surface area contributed by atoms with Gasteiger partial charge in [-0.3, -0.25) is 9.59 Å². The summed E-state index contributed by atoms with van der Waals surface area (Å²) in [7, 11) is 0. The van der Waals surface area contributed by atoms with Gasteiger partial charge >= 0.3 is 5.97 Å². The second-order valence-corrected chi connectivity index (χ2v) is 2.86. The molecule has 0 radical (unpaired) electrons. The van der Waals surface area contributed by atoms with E-state index in [1.165, 1.54) is 12.3 Å². The number of rotatable bonds is 1. The zero-order valence-electron chi connectivity index (χ0n) is 8.19. The van der Waals surface area contributed by atoms with E-state index in [0.717, 1.165) is 6.92 Å². The van der Waals surface area contributed by atoms with Crippen molar-refractivity contribution in [2.45, 2.75) is 6.92 Å². The molecule has 0 saturated carbocycles. The molecule has 0 aliphatic rings. The molecule has 0 spiro atoms. The molecule has 1 aromatic heterocycles. The first kappa shape index (κ1) is 14.1. The molecule has 8 heteroatoms. The van der Waals surface area contributed by atoms with E-state index < -0.39 is 17.4 Å². The molecule has 0 aromatic carbocycles. The van der Waals surface area contributed by atoms with Gasteiger partial charge in [0.05, 0.1) is 5.56 Å². The summed E-state index contributed by atoms with van der Waals surface area (Å²) in [5.41, 5.74) is 4.43. The van der Waals surface area contributed by atoms with E-state index in [0.29, 0.717) is 0 Å². The minimum atomic E-state index is -0.707. The van der Waals surface area contributed by atoms with Crippen molar-refractivity contribution in [2.75, 3.05) is 0 Å². The number of carbonyl (C=O) groups excluding carboxylic acids is 2. The number of hydrogen-bond acceptors (Lipinski definition) is 5. The summed E-state index contributed by atoms with van der Waals surface area (Å²) in [6.45, 7) is 1.11. The summed E-state index contributed by atoms with van der Waals surface area (Å²) in [4.78, 5) is 36.1. The number of carbonyl (C=O) groups is 2. The van der Waals surface area contributed by atoms with Crippen molar-refractivity contribution in [2.24, 2.45) is 5.73 Å². The number of nitrogens with two attached hydrogens (primary N) is 1. The Morgan fingerprint density at radius 2 is 2.06 bits per heavy atom. The Morgan fingerprint density at radius 1 is 1.56 bits per heavy atom. The average molecular weight is 249 g/mol. The zero-order valence-corrected chi connectivity index (χ0v) is 8.95. The standard InChI is InChI=1S/C6H5ClN2O2.C2H4O3/c7-4-3(5(8)10)1-2-9-6(4)11;1-2(3)5-4/h1-2H,(H2,8,10)(H,9,11);4H,1H3. The predicted molar refractivity (Wildman–Crippen MR) is 55.0 cm³/mol. The van der Waals surface area contributed by atoms with Crippen molar-refractivity contribution < 1.29 is 19.7 Å². The number of amides is 1. The minimum absolute atomic E-state index is 0.0374. The van der Waals surface area contributed by atoms with Crippen LogP contribution < -0.4 is 11.3 Å². The van der Waals surface area contributed by atoms with Gasteiger partial charge in [-0.2, -0.15) is 5.26 Å². The summed E-state index contributed by atoms with van der Waals surface area (Å²) in [6.07, 6.45) is 1.31. The molecule has 7 nitrogen and oxygen atoms in total. The van der Waals surface area contributed by atoms with Crippen LogP contribution in [0.4, 0.5) is 0 Å². The fraction of sp³-hybridized carbons (Fsp3) is 0.125. The van der Waals surface area contributed by atoms with Crippen molar-refractivity contribution in [1.29, 1.82) is 0 Å². The van der Waals surface area contributed by atoms with Crippen LogP contribution in [-0.2, 0) is 9.68 Å². The van der Waals surface area contributed by atoms with Gasteiger partial charge in [-0.15, -0.1) is 0 Å². The van der Waals surface area contributed by atoms with Crippen LogP contribution in [-0.4, -0.2) is 22.1 Å². The Hall–Kier alpha value is -1.86. The molecular formula is C8H9ClN2O5. The lowest BCUT2D eigenvalue weighted by Crippen LogP contribution is -2.17. The SMILES string of the molecule is CC(=O)OO.NC(=O)c1cc[nH]c(=O)c1Cl. The first-order valence-corrected chi connectivity index (χ1v) is 4.27. The molecule has 0 fully saturated rings. The number of aromatic nitrogens is 1. The average Bonchev–Trinajstić information content (AvgIpc) is 2.22. The number of pyridine rings is 1. The second kappa shape index (κ2) is 6.59. The molecule has 0 aliphatic heterocycles. The summed E-state index contributed by atoms with van der Waals surface area (Å²) >= 11 is 5.44. The van der Waals surface area contributed by atoms with E-state index >= 15 is 0 Å². The number of H-pyrrole nitrogens is 1. The Morgan fingerprint density at radius 3 is 2.38 bits per heavy atom. The smallest absolute Gasteiger partial charge is 0.339 e. The second-order valence-electron chi connectivity index (χ2n) is 2.48. The number of nitrogens with one attached hydrogen (secondary N) is 1. The van der Waals surface area contributed by atoms with Gasteiger partial charge in [0.15, 0.2) is 0 Å². The molecule has 0 bridgehead atoms. The van der Waals surface area contributed by atoms with E-state index in [9.17, 15) is 14.4 Å². The third kappa shape index (κ3) is 4.58. The maximum absolute atomic E-state index is 10.7. The van der Waals surface area contributed by atoms with E-state index in [1.54, 1.807) is 0 Å². The van der Waals surface area contributed by atoms with Crippen molar-refractivity contribution in [3.8, 4) is 0 Å². The van der Waals surface area contributed by atoms with Gasteiger partial charge in [-0.25, -0.2) is 4.79 Å². The molecule has 0 saturated heterocycles. The quantitative estimate of drug-likeness (QED) is 0.482. The number of aromatic amines is 1. The van der Waals surface area contributed by atoms with Crippen molar-refractivity contribution in [3.63, 3.8) is 0 Å². The summed E-state index contributed by atoms with van der Waals surface area (Å²) in [5, 5.41) is 7.13. The van der Waals surface area contributed by atoms with Crippen LogP contribution >= 0.6 is 11.6 Å². The number of hydrogen-bond donors (Lipinski definition) is 3. The first-order valence-electron chi connectivity index (χ1n) is 3.89. The lowest BCUT2D eigenvalue weighted by atomic mass is 10.2. The topological polar surface area (TPSA) is 122 Å². The highest BCUT2D eigenvalue weighted by Crippen LogP contribution is 2.06. The van der Waals surface area contributed by atoms with Gasteiger partial charge in [-0.1, -0.05) is 11.6 Å². The van der Waals surface area contributed by atoms with Gasteiger partial charge in [0.25, 0.3) is 5.56 Å². The van der Waals surface area contributed by atoms with E-state index in [2.05, 4.69) is 9.87 Å². The van der Waals surface area contributed by atoms with Crippen molar-refractivity contribution in [1.82, 2.24) is 4.98 Å². The fourth-order valence-electron chi connectivity index (χ4n) is 0.650. The van der Waals surface area contributed by atoms with E-state index in [1.807, 2.05) is 0 Å². The molecule has 1 aromatic rings. The molecule has 88 valence electrons. The lowest BCUT2D eigenvalue weighted by molar-refractivity contribution is -0.231. The van der Waals surface area contributed by atoms with Gasteiger partial charge in [0.2, 0.25) is 5.91 Å². The largest absolute Gasteiger partial charge is 0.366 e. The maximum atomic E-state index is 10.7. The van der Waals surface area contributed by atoms with Crippen LogP contribution in [0.5, 0.6) is 0 Å². The summed E-state index contributed by atoms with van der Waals surface area (Å²) < 4.78 is 0. The summed E-state index contributed by atoms with van der Waals surface area (Å²) in [6, 6.07) is 1.35. The Labute approximate surface area is 94.7 Å². The molecular weight excluding hydrogens is 240 g/mol. The van der Waals surface area contributed by atoms with Crippen LogP contribution in [0.25, 0.3) is 0 Å². The van der Waals surface area contributed by atoms with E-state index in [-0.39, 0.29) is 10.6 Å². The molecule has 4 N–H and O–H groups in total. The Balaban J connectivity index is 0.000000385. The normalized spacial score (nSPS) is 8.69. The predicted octanol–water partition coefficient (Wildman–Crippen LogP) is 0.150. The van der Waals surface area contributed by atoms with Crippen molar-refractivity contribution in [3.05, 3.63) is 33.2 Å². The molecule has 1 heterocycles. The maximum Gasteiger partial charge on any atom is 0.339 e. The first-order chi connectivity index (χ1) is 7.40. The van der Waals surface area contributed by atoms with Gasteiger partial charge < -0.3 is 15.6 Å². The highest BCUT2D eigenvalue weighted by Gasteiger charge is 2.07. The van der Waals surface area contributed by atoms with E-state index in [4.69, 9.17) is 22.6 Å². The van der Waals surface area contributed by atoms with Gasteiger partial charge in [0.1, 0.15) is 5.02 Å². The minimum Gasteiger partial charge on any atom is -0.366 e. The highest BCUT2D eigenvalue weighted by molar-refractivity contribution is 6.33.